The van der Waals surface area contributed by atoms with Gasteiger partial charge in [0.25, 0.3) is 11.8 Å². The lowest BCUT2D eigenvalue weighted by Gasteiger charge is -2.36. The van der Waals surface area contributed by atoms with Gasteiger partial charge in [-0.25, -0.2) is 0 Å². The van der Waals surface area contributed by atoms with E-state index in [0.29, 0.717) is 44.2 Å². The second-order valence-electron chi connectivity index (χ2n) is 7.12. The Morgan fingerprint density at radius 3 is 2.52 bits per heavy atom. The van der Waals surface area contributed by atoms with E-state index in [1.165, 1.54) is 11.3 Å². The van der Waals surface area contributed by atoms with Gasteiger partial charge in [-0.2, -0.15) is 0 Å². The second kappa shape index (κ2) is 8.24. The van der Waals surface area contributed by atoms with Crippen molar-refractivity contribution in [3.8, 4) is 5.75 Å². The van der Waals surface area contributed by atoms with Crippen LogP contribution in [0.4, 0.5) is 5.69 Å². The molecule has 2 aliphatic heterocycles. The predicted octanol–water partition coefficient (Wildman–Crippen LogP) is 2.24. The monoisotopic (exact) mass is 413 g/mol. The summed E-state index contributed by atoms with van der Waals surface area (Å²) in [6.07, 6.45) is -0.321. The summed E-state index contributed by atoms with van der Waals surface area (Å²) in [5.74, 6) is 0.546. The number of piperazine rings is 1. The van der Waals surface area contributed by atoms with Gasteiger partial charge < -0.3 is 19.4 Å². The summed E-state index contributed by atoms with van der Waals surface area (Å²) < 4.78 is 5.64. The molecule has 7 nitrogen and oxygen atoms in total. The van der Waals surface area contributed by atoms with E-state index in [4.69, 9.17) is 4.74 Å². The van der Waals surface area contributed by atoms with Crippen LogP contribution in [0.2, 0.25) is 0 Å². The average molecular weight is 413 g/mol. The third-order valence-electron chi connectivity index (χ3n) is 5.27. The Hall–Kier alpha value is -2.87. The number of hydrogen-bond donors (Lipinski definition) is 0. The van der Waals surface area contributed by atoms with Crippen LogP contribution < -0.4 is 9.64 Å². The number of thiophene rings is 1. The number of benzene rings is 1. The van der Waals surface area contributed by atoms with Crippen LogP contribution in [0.25, 0.3) is 0 Å². The Bertz CT molecular complexity index is 906. The highest BCUT2D eigenvalue weighted by atomic mass is 32.1. The number of carbonyl (C=O) groups excluding carboxylic acids is 3. The van der Waals surface area contributed by atoms with E-state index in [1.807, 2.05) is 41.8 Å². The number of fused-ring (bicyclic) bond motifs is 1. The minimum Gasteiger partial charge on any atom is -0.479 e. The maximum Gasteiger partial charge on any atom is 0.267 e. The first-order valence-electron chi connectivity index (χ1n) is 9.72. The zero-order chi connectivity index (χ0) is 20.4. The van der Waals surface area contributed by atoms with E-state index < -0.39 is 6.10 Å². The van der Waals surface area contributed by atoms with E-state index in [-0.39, 0.29) is 24.1 Å². The molecule has 3 heterocycles. The van der Waals surface area contributed by atoms with Crippen molar-refractivity contribution in [2.75, 3.05) is 37.6 Å². The van der Waals surface area contributed by atoms with Gasteiger partial charge in [0.05, 0.1) is 10.6 Å². The molecule has 1 atom stereocenters. The van der Waals surface area contributed by atoms with Crippen molar-refractivity contribution < 1.29 is 19.1 Å². The van der Waals surface area contributed by atoms with Gasteiger partial charge in [-0.1, -0.05) is 18.2 Å². The minimum atomic E-state index is -0.563. The normalized spacial score (nSPS) is 19.0. The van der Waals surface area contributed by atoms with Crippen molar-refractivity contribution in [1.29, 1.82) is 0 Å². The molecule has 0 bridgehead atoms. The van der Waals surface area contributed by atoms with Crippen LogP contribution in [0.1, 0.15) is 23.0 Å². The molecule has 1 aromatic carbocycles. The topological polar surface area (TPSA) is 70.2 Å². The van der Waals surface area contributed by atoms with E-state index >= 15 is 0 Å². The summed E-state index contributed by atoms with van der Waals surface area (Å²) in [7, 11) is 0. The Balaban J connectivity index is 1.33. The zero-order valence-electron chi connectivity index (χ0n) is 16.2. The van der Waals surface area contributed by atoms with Crippen LogP contribution in [-0.4, -0.2) is 66.3 Å². The SMILES string of the molecule is C[C@H]1Oc2ccccc2N(CCC(=O)N2CCN(C(=O)c3cccs3)CC2)C1=O. The Labute approximate surface area is 173 Å². The second-order valence-corrected chi connectivity index (χ2v) is 8.07. The summed E-state index contributed by atoms with van der Waals surface area (Å²) in [5, 5.41) is 1.89. The molecule has 1 fully saturated rings. The van der Waals surface area contributed by atoms with E-state index in [9.17, 15) is 14.4 Å². The largest absolute Gasteiger partial charge is 0.479 e. The molecule has 152 valence electrons. The molecular formula is C21H23N3O4S. The summed E-state index contributed by atoms with van der Waals surface area (Å²) in [6.45, 7) is 4.12. The number of rotatable bonds is 4. The molecule has 1 saturated heterocycles. The van der Waals surface area contributed by atoms with Crippen molar-refractivity contribution in [3.63, 3.8) is 0 Å². The average Bonchev–Trinajstić information content (AvgIpc) is 3.28. The quantitative estimate of drug-likeness (QED) is 0.771. The van der Waals surface area contributed by atoms with Gasteiger partial charge in [-0.3, -0.25) is 14.4 Å². The van der Waals surface area contributed by atoms with E-state index in [0.717, 1.165) is 4.88 Å². The van der Waals surface area contributed by atoms with Gasteiger partial charge in [-0.15, -0.1) is 11.3 Å². The Morgan fingerprint density at radius 1 is 1.07 bits per heavy atom. The smallest absolute Gasteiger partial charge is 0.267 e. The van der Waals surface area contributed by atoms with Crippen LogP contribution in [0.15, 0.2) is 41.8 Å². The molecule has 0 spiro atoms. The van der Waals surface area contributed by atoms with E-state index in [1.54, 1.807) is 21.6 Å². The first kappa shape index (κ1) is 19.4. The Kier molecular flexibility index (Phi) is 5.53. The lowest BCUT2D eigenvalue weighted by atomic mass is 10.1. The summed E-state index contributed by atoms with van der Waals surface area (Å²) in [4.78, 5) is 43.6. The molecule has 2 aliphatic rings. The van der Waals surface area contributed by atoms with Crippen LogP contribution in [0.3, 0.4) is 0 Å². The van der Waals surface area contributed by atoms with Crippen molar-refractivity contribution in [3.05, 3.63) is 46.7 Å². The molecule has 0 radical (unpaired) electrons. The van der Waals surface area contributed by atoms with Gasteiger partial charge in [0, 0.05) is 39.1 Å². The lowest BCUT2D eigenvalue weighted by molar-refractivity contribution is -0.132. The molecular weight excluding hydrogens is 390 g/mol. The van der Waals surface area contributed by atoms with Gasteiger partial charge in [-0.05, 0) is 30.5 Å². The molecule has 4 rings (SSSR count). The predicted molar refractivity (Wildman–Crippen MR) is 110 cm³/mol. The number of anilines is 1. The molecule has 8 heteroatoms. The fourth-order valence-electron chi connectivity index (χ4n) is 3.67. The third-order valence-corrected chi connectivity index (χ3v) is 6.13. The minimum absolute atomic E-state index is 0.00218. The maximum absolute atomic E-state index is 12.7. The van der Waals surface area contributed by atoms with Crippen LogP contribution in [0, 0.1) is 0 Å². The highest BCUT2D eigenvalue weighted by Crippen LogP contribution is 2.33. The molecule has 0 unspecified atom stereocenters. The number of carbonyl (C=O) groups is 3. The van der Waals surface area contributed by atoms with Gasteiger partial charge >= 0.3 is 0 Å². The lowest BCUT2D eigenvalue weighted by Crippen LogP contribution is -2.51. The molecule has 0 aliphatic carbocycles. The van der Waals surface area contributed by atoms with Gasteiger partial charge in [0.1, 0.15) is 5.75 Å². The summed E-state index contributed by atoms with van der Waals surface area (Å²) in [6, 6.07) is 11.1. The third kappa shape index (κ3) is 3.98. The first-order chi connectivity index (χ1) is 14.0. The van der Waals surface area contributed by atoms with Crippen LogP contribution in [-0.2, 0) is 9.59 Å². The number of ether oxygens (including phenoxy) is 1. The molecule has 1 aromatic heterocycles. The molecule has 0 saturated carbocycles. The highest BCUT2D eigenvalue weighted by molar-refractivity contribution is 7.12. The fourth-order valence-corrected chi connectivity index (χ4v) is 4.36. The standard InChI is InChI=1S/C21H23N3O4S/c1-15-20(26)24(16-5-2-3-6-17(16)28-15)9-8-19(25)22-10-12-23(13-11-22)21(27)18-7-4-14-29-18/h2-7,14-15H,8-13H2,1H3/t15-/m1/s1. The molecule has 0 N–H and O–H groups in total. The van der Waals surface area contributed by atoms with Crippen molar-refractivity contribution in [2.24, 2.45) is 0 Å². The Morgan fingerprint density at radius 2 is 1.79 bits per heavy atom. The van der Waals surface area contributed by atoms with Crippen molar-refractivity contribution in [2.45, 2.75) is 19.4 Å². The highest BCUT2D eigenvalue weighted by Gasteiger charge is 2.32. The number of hydrogen-bond acceptors (Lipinski definition) is 5. The number of amides is 3. The van der Waals surface area contributed by atoms with E-state index in [2.05, 4.69) is 0 Å². The van der Waals surface area contributed by atoms with Gasteiger partial charge in [0.15, 0.2) is 6.10 Å². The van der Waals surface area contributed by atoms with Crippen LogP contribution >= 0.6 is 11.3 Å². The van der Waals surface area contributed by atoms with Crippen molar-refractivity contribution >= 4 is 34.7 Å². The maximum atomic E-state index is 12.7. The molecule has 2 aromatic rings. The number of para-hydroxylation sites is 2. The summed E-state index contributed by atoms with van der Waals surface area (Å²) in [5.41, 5.74) is 0.703. The first-order valence-corrected chi connectivity index (χ1v) is 10.6. The number of nitrogens with zero attached hydrogens (tertiary/aromatic N) is 3. The molecule has 29 heavy (non-hydrogen) atoms. The summed E-state index contributed by atoms with van der Waals surface area (Å²) >= 11 is 1.43. The van der Waals surface area contributed by atoms with Gasteiger partial charge in [0.2, 0.25) is 5.91 Å². The fraction of sp³-hybridized carbons (Fsp3) is 0.381. The molecule has 3 amide bonds. The van der Waals surface area contributed by atoms with Crippen LogP contribution in [0.5, 0.6) is 5.75 Å². The zero-order valence-corrected chi connectivity index (χ0v) is 17.1. The van der Waals surface area contributed by atoms with Crippen molar-refractivity contribution in [1.82, 2.24) is 9.80 Å².